The van der Waals surface area contributed by atoms with E-state index in [1.165, 1.54) is 30.6 Å². The number of hydrogen-bond donors (Lipinski definition) is 3. The number of ether oxygens (including phenoxy) is 1. The second kappa shape index (κ2) is 14.6. The lowest BCUT2D eigenvalue weighted by Gasteiger charge is -2.35. The van der Waals surface area contributed by atoms with Gasteiger partial charge in [-0.2, -0.15) is 19.0 Å². The van der Waals surface area contributed by atoms with E-state index in [0.717, 1.165) is 15.9 Å². The second-order valence-electron chi connectivity index (χ2n) is 12.8. The van der Waals surface area contributed by atoms with Gasteiger partial charge in [-0.3, -0.25) is 15.1 Å². The van der Waals surface area contributed by atoms with Crippen molar-refractivity contribution in [3.8, 4) is 16.8 Å². The van der Waals surface area contributed by atoms with E-state index in [1.54, 1.807) is 24.3 Å². The standard InChI is InChI=1S/C32H32ClF6N9O3/c1-31(2,3)15-32(20-7-4-17(5-8-20)19-11-43-46(13-19)28(38)39)27(49)47(29(40)45-32)23(14-51-30(50)41-12-24(34)35)18-6-9-21(33)22(10-18)48-26(25(36)37)42-16-44-48/h4-11,13,16,23-25,28H,12,14-15H2,1-3H3,(H2,40,45)(H,41,50)/t23-,32-/m1/s1. The van der Waals surface area contributed by atoms with Crippen LogP contribution in [0.3, 0.4) is 0 Å². The Labute approximate surface area is 292 Å². The highest BCUT2D eigenvalue weighted by molar-refractivity contribution is 6.32. The minimum absolute atomic E-state index is 0.0253. The van der Waals surface area contributed by atoms with E-state index >= 15 is 0 Å². The average Bonchev–Trinajstić information content (AvgIpc) is 3.80. The van der Waals surface area contributed by atoms with Gasteiger partial charge >= 0.3 is 12.6 Å². The van der Waals surface area contributed by atoms with Gasteiger partial charge in [0.25, 0.3) is 18.8 Å². The maximum Gasteiger partial charge on any atom is 0.407 e. The fraction of sp³-hybridized carbons (Fsp3) is 0.375. The van der Waals surface area contributed by atoms with Crippen molar-refractivity contribution in [3.63, 3.8) is 0 Å². The molecule has 2 atom stereocenters. The van der Waals surface area contributed by atoms with Crippen LogP contribution in [0.1, 0.15) is 63.2 Å². The molecule has 51 heavy (non-hydrogen) atoms. The molecule has 272 valence electrons. The number of benzene rings is 2. The van der Waals surface area contributed by atoms with Gasteiger partial charge in [-0.1, -0.05) is 62.7 Å². The van der Waals surface area contributed by atoms with Crippen molar-refractivity contribution < 1.29 is 40.7 Å². The third kappa shape index (κ3) is 7.95. The van der Waals surface area contributed by atoms with Crippen molar-refractivity contribution in [2.45, 2.75) is 58.2 Å². The molecule has 0 aliphatic carbocycles. The van der Waals surface area contributed by atoms with Crippen LogP contribution in [0.25, 0.3) is 16.8 Å². The highest BCUT2D eigenvalue weighted by Gasteiger charge is 2.54. The lowest BCUT2D eigenvalue weighted by molar-refractivity contribution is -0.134. The molecule has 0 radical (unpaired) electrons. The molecule has 1 fully saturated rings. The number of carbonyl (C=O) groups is 2. The van der Waals surface area contributed by atoms with Crippen LogP contribution < -0.4 is 10.6 Å². The summed E-state index contributed by atoms with van der Waals surface area (Å²) in [7, 11) is 0. The maximum atomic E-state index is 14.8. The molecule has 12 nitrogen and oxygen atoms in total. The zero-order chi connectivity index (χ0) is 37.2. The van der Waals surface area contributed by atoms with E-state index in [4.69, 9.17) is 21.7 Å². The van der Waals surface area contributed by atoms with Gasteiger partial charge in [0.05, 0.1) is 29.5 Å². The monoisotopic (exact) mass is 739 g/mol. The summed E-state index contributed by atoms with van der Waals surface area (Å²) in [5.41, 5.74) is -0.688. The summed E-state index contributed by atoms with van der Waals surface area (Å²) < 4.78 is 85.9. The highest BCUT2D eigenvalue weighted by atomic mass is 35.5. The summed E-state index contributed by atoms with van der Waals surface area (Å²) in [6.45, 7) is 1.12. The van der Waals surface area contributed by atoms with E-state index in [9.17, 15) is 35.9 Å². The van der Waals surface area contributed by atoms with Gasteiger partial charge in [0.15, 0.2) is 11.8 Å². The average molecular weight is 740 g/mol. The van der Waals surface area contributed by atoms with Crippen LogP contribution in [0.4, 0.5) is 31.1 Å². The molecular weight excluding hydrogens is 708 g/mol. The number of halogens is 7. The molecule has 1 saturated heterocycles. The minimum Gasteiger partial charge on any atom is -0.447 e. The molecule has 3 N–H and O–H groups in total. The number of carbonyl (C=O) groups excluding carboxylic acids is 2. The predicted molar refractivity (Wildman–Crippen MR) is 172 cm³/mol. The first-order valence-electron chi connectivity index (χ1n) is 15.3. The van der Waals surface area contributed by atoms with Gasteiger partial charge < -0.3 is 15.4 Å². The van der Waals surface area contributed by atoms with E-state index in [1.807, 2.05) is 26.1 Å². The number of alkyl carbamates (subject to hydrolysis) is 1. The largest absolute Gasteiger partial charge is 0.447 e. The molecule has 0 bridgehead atoms. The van der Waals surface area contributed by atoms with Gasteiger partial charge in [0.2, 0.25) is 0 Å². The number of alkyl halides is 6. The summed E-state index contributed by atoms with van der Waals surface area (Å²) >= 11 is 6.38. The van der Waals surface area contributed by atoms with Crippen LogP contribution in [0.2, 0.25) is 5.02 Å². The van der Waals surface area contributed by atoms with Crippen LogP contribution in [-0.4, -0.2) is 67.0 Å². The molecule has 3 heterocycles. The third-order valence-electron chi connectivity index (χ3n) is 7.90. The third-order valence-corrected chi connectivity index (χ3v) is 8.22. The fourth-order valence-electron chi connectivity index (χ4n) is 5.84. The smallest absolute Gasteiger partial charge is 0.407 e. The van der Waals surface area contributed by atoms with Crippen molar-refractivity contribution in [1.29, 1.82) is 5.41 Å². The molecule has 2 amide bonds. The Morgan fingerprint density at radius 3 is 2.37 bits per heavy atom. The van der Waals surface area contributed by atoms with Gasteiger partial charge in [-0.15, -0.1) is 0 Å². The van der Waals surface area contributed by atoms with Gasteiger partial charge in [-0.05, 0) is 40.7 Å². The van der Waals surface area contributed by atoms with Crippen LogP contribution in [-0.2, 0) is 15.1 Å². The molecule has 1 aliphatic rings. The van der Waals surface area contributed by atoms with Gasteiger partial charge in [0, 0.05) is 11.8 Å². The topological polar surface area (TPSA) is 143 Å². The van der Waals surface area contributed by atoms with E-state index in [2.05, 4.69) is 20.5 Å². The van der Waals surface area contributed by atoms with Gasteiger partial charge in [0.1, 0.15) is 18.5 Å². The Hall–Kier alpha value is -5.13. The maximum absolute atomic E-state index is 14.8. The highest BCUT2D eigenvalue weighted by Crippen LogP contribution is 2.43. The van der Waals surface area contributed by atoms with Gasteiger partial charge in [-0.25, -0.2) is 36.7 Å². The SMILES string of the molecule is CC(C)(C)C[C@]1(c2ccc(-c3cnn(C(F)F)c3)cc2)NC(=N)N([C@H](COC(=O)NCC(F)F)c2ccc(Cl)c(-n3ncnc3C(F)F)c2)C1=O. The fourth-order valence-corrected chi connectivity index (χ4v) is 6.04. The van der Waals surface area contributed by atoms with Crippen LogP contribution in [0, 0.1) is 10.8 Å². The molecule has 2 aromatic heterocycles. The number of rotatable bonds is 12. The molecule has 0 spiro atoms. The summed E-state index contributed by atoms with van der Waals surface area (Å²) in [5, 5.41) is 21.4. The predicted octanol–water partition coefficient (Wildman–Crippen LogP) is 6.85. The Morgan fingerprint density at radius 2 is 1.76 bits per heavy atom. The van der Waals surface area contributed by atoms with E-state index in [-0.39, 0.29) is 22.7 Å². The first kappa shape index (κ1) is 37.1. The Bertz CT molecular complexity index is 1900. The van der Waals surface area contributed by atoms with E-state index in [0.29, 0.717) is 21.4 Å². The first-order valence-corrected chi connectivity index (χ1v) is 15.7. The molecule has 1 aliphatic heterocycles. The molecule has 4 aromatic rings. The van der Waals surface area contributed by atoms with Crippen molar-refractivity contribution in [1.82, 2.24) is 40.1 Å². The molecule has 2 aromatic carbocycles. The number of hydrogen-bond acceptors (Lipinski definition) is 7. The summed E-state index contributed by atoms with van der Waals surface area (Å²) in [5.74, 6) is -1.81. The summed E-state index contributed by atoms with van der Waals surface area (Å²) in [4.78, 5) is 31.8. The van der Waals surface area contributed by atoms with Crippen molar-refractivity contribution in [3.05, 3.63) is 83.2 Å². The van der Waals surface area contributed by atoms with E-state index < -0.39 is 73.3 Å². The van der Waals surface area contributed by atoms with Crippen molar-refractivity contribution >= 4 is 29.6 Å². The quantitative estimate of drug-likeness (QED) is 0.135. The number of nitrogens with one attached hydrogen (secondary N) is 3. The van der Waals surface area contributed by atoms with Crippen LogP contribution >= 0.6 is 11.6 Å². The van der Waals surface area contributed by atoms with Crippen LogP contribution in [0.15, 0.2) is 61.2 Å². The Morgan fingerprint density at radius 1 is 1.06 bits per heavy atom. The van der Waals surface area contributed by atoms with Crippen molar-refractivity contribution in [2.24, 2.45) is 5.41 Å². The number of nitrogens with zero attached hydrogens (tertiary/aromatic N) is 6. The molecule has 0 saturated carbocycles. The lowest BCUT2D eigenvalue weighted by Crippen LogP contribution is -2.47. The Balaban J connectivity index is 1.57. The second-order valence-corrected chi connectivity index (χ2v) is 13.2. The Kier molecular flexibility index (Phi) is 10.6. The number of amides is 2. The molecular formula is C32H32ClF6N9O3. The normalized spacial score (nSPS) is 17.1. The zero-order valence-electron chi connectivity index (χ0n) is 27.3. The summed E-state index contributed by atoms with van der Waals surface area (Å²) in [6.07, 6.45) is -3.66. The number of aromatic nitrogens is 5. The minimum atomic E-state index is -3.03. The molecule has 19 heteroatoms. The lowest BCUT2D eigenvalue weighted by atomic mass is 9.75. The van der Waals surface area contributed by atoms with Crippen LogP contribution in [0.5, 0.6) is 0 Å². The first-order chi connectivity index (χ1) is 24.0. The molecule has 5 rings (SSSR count). The van der Waals surface area contributed by atoms with Crippen molar-refractivity contribution in [2.75, 3.05) is 13.2 Å². The zero-order valence-corrected chi connectivity index (χ0v) is 28.0. The number of guanidine groups is 1. The summed E-state index contributed by atoms with van der Waals surface area (Å²) in [6, 6.07) is 9.22. The molecule has 0 unspecified atom stereocenters.